The van der Waals surface area contributed by atoms with E-state index < -0.39 is 4.92 Å². The molecule has 0 radical (unpaired) electrons. The molecule has 1 N–H and O–H groups in total. The number of carbonyl (C=O) groups excluding carboxylic acids is 1. The van der Waals surface area contributed by atoms with Gasteiger partial charge >= 0.3 is 0 Å². The van der Waals surface area contributed by atoms with Crippen LogP contribution in [0.2, 0.25) is 0 Å². The van der Waals surface area contributed by atoms with Gasteiger partial charge in [0.05, 0.1) is 17.7 Å². The first kappa shape index (κ1) is 13.5. The van der Waals surface area contributed by atoms with Gasteiger partial charge in [0.25, 0.3) is 11.6 Å². The molecule has 7 nitrogen and oxygen atoms in total. The monoisotopic (exact) mass is 267 g/mol. The van der Waals surface area contributed by atoms with Crippen molar-refractivity contribution in [1.82, 2.24) is 9.47 Å². The van der Waals surface area contributed by atoms with Gasteiger partial charge in [0.2, 0.25) is 0 Å². The first-order valence-corrected chi connectivity index (χ1v) is 6.34. The lowest BCUT2D eigenvalue weighted by atomic mass is 10.3. The third-order valence-electron chi connectivity index (χ3n) is 3.24. The number of nitrogens with zero attached hydrogens (tertiary/aromatic N) is 3. The van der Waals surface area contributed by atoms with Gasteiger partial charge in [0, 0.05) is 25.2 Å². The molecule has 1 fully saturated rings. The number of aliphatic hydroxyl groups excluding tert-OH is 1. The molecule has 0 aliphatic heterocycles. The highest BCUT2D eigenvalue weighted by molar-refractivity contribution is 5.93. The molecular weight excluding hydrogens is 250 g/mol. The standard InChI is InChI=1S/C12H17N3O4/c1-2-13(5-6-16)12(17)11-7-10(15(18)19)8-14(11)9-3-4-9/h7-9,16H,2-6H2,1H3. The highest BCUT2D eigenvalue weighted by Gasteiger charge is 2.31. The lowest BCUT2D eigenvalue weighted by Gasteiger charge is -2.20. The molecule has 0 atom stereocenters. The lowest BCUT2D eigenvalue weighted by molar-refractivity contribution is -0.384. The molecule has 1 amide bonds. The normalized spacial score (nSPS) is 14.4. The zero-order chi connectivity index (χ0) is 14.0. The summed E-state index contributed by atoms with van der Waals surface area (Å²) in [5, 5.41) is 19.8. The van der Waals surface area contributed by atoms with Crippen molar-refractivity contribution in [3.8, 4) is 0 Å². The van der Waals surface area contributed by atoms with Crippen LogP contribution in [0.1, 0.15) is 36.3 Å². The van der Waals surface area contributed by atoms with E-state index in [0.29, 0.717) is 12.2 Å². The van der Waals surface area contributed by atoms with Crippen molar-refractivity contribution >= 4 is 11.6 Å². The fourth-order valence-corrected chi connectivity index (χ4v) is 2.08. The molecule has 0 aromatic carbocycles. The predicted octanol–water partition coefficient (Wildman–Crippen LogP) is 1.19. The Bertz CT molecular complexity index is 493. The van der Waals surface area contributed by atoms with E-state index in [0.717, 1.165) is 12.8 Å². The maximum Gasteiger partial charge on any atom is 0.287 e. The van der Waals surface area contributed by atoms with Crippen molar-refractivity contribution in [3.63, 3.8) is 0 Å². The van der Waals surface area contributed by atoms with Crippen molar-refractivity contribution in [1.29, 1.82) is 0 Å². The molecule has 1 saturated carbocycles. The van der Waals surface area contributed by atoms with Crippen molar-refractivity contribution < 1.29 is 14.8 Å². The van der Waals surface area contributed by atoms with Crippen molar-refractivity contribution in [2.24, 2.45) is 0 Å². The Kier molecular flexibility index (Phi) is 3.84. The van der Waals surface area contributed by atoms with E-state index in [-0.39, 0.29) is 30.8 Å². The van der Waals surface area contributed by atoms with Gasteiger partial charge in [0.15, 0.2) is 0 Å². The summed E-state index contributed by atoms with van der Waals surface area (Å²) < 4.78 is 1.69. The molecular formula is C12H17N3O4. The van der Waals surface area contributed by atoms with Crippen LogP contribution in [0, 0.1) is 10.1 Å². The van der Waals surface area contributed by atoms with Crippen LogP contribution in [0.15, 0.2) is 12.3 Å². The summed E-state index contributed by atoms with van der Waals surface area (Å²) in [4.78, 5) is 24.1. The van der Waals surface area contributed by atoms with Crippen LogP contribution in [0.4, 0.5) is 5.69 Å². The quantitative estimate of drug-likeness (QED) is 0.619. The molecule has 104 valence electrons. The number of aliphatic hydroxyl groups is 1. The Morgan fingerprint density at radius 1 is 1.63 bits per heavy atom. The van der Waals surface area contributed by atoms with Crippen LogP contribution in [0.25, 0.3) is 0 Å². The molecule has 0 spiro atoms. The number of rotatable bonds is 6. The van der Waals surface area contributed by atoms with Gasteiger partial charge in [-0.2, -0.15) is 0 Å². The highest BCUT2D eigenvalue weighted by Crippen LogP contribution is 2.38. The van der Waals surface area contributed by atoms with E-state index in [1.807, 2.05) is 6.92 Å². The average molecular weight is 267 g/mol. The van der Waals surface area contributed by atoms with Gasteiger partial charge in [-0.25, -0.2) is 0 Å². The van der Waals surface area contributed by atoms with E-state index in [2.05, 4.69) is 0 Å². The number of aromatic nitrogens is 1. The molecule has 0 saturated heterocycles. The summed E-state index contributed by atoms with van der Waals surface area (Å²) in [5.74, 6) is -0.267. The summed E-state index contributed by atoms with van der Waals surface area (Å²) in [6.45, 7) is 2.39. The molecule has 0 unspecified atom stereocenters. The SMILES string of the molecule is CCN(CCO)C(=O)c1cc([N+](=O)[O-])cn1C1CC1. The largest absolute Gasteiger partial charge is 0.395 e. The van der Waals surface area contributed by atoms with Gasteiger partial charge in [-0.05, 0) is 19.8 Å². The minimum atomic E-state index is -0.488. The van der Waals surface area contributed by atoms with Gasteiger partial charge < -0.3 is 14.6 Å². The molecule has 7 heteroatoms. The molecule has 1 aromatic heterocycles. The summed E-state index contributed by atoms with van der Waals surface area (Å²) in [5.41, 5.74) is 0.278. The van der Waals surface area contributed by atoms with Gasteiger partial charge in [-0.1, -0.05) is 0 Å². The van der Waals surface area contributed by atoms with Crippen molar-refractivity contribution in [2.75, 3.05) is 19.7 Å². The van der Waals surface area contributed by atoms with E-state index in [4.69, 9.17) is 5.11 Å². The number of nitro groups is 1. The molecule has 1 aromatic rings. The smallest absolute Gasteiger partial charge is 0.287 e. The zero-order valence-corrected chi connectivity index (χ0v) is 10.8. The second-order valence-corrected chi connectivity index (χ2v) is 4.59. The number of amides is 1. The summed E-state index contributed by atoms with van der Waals surface area (Å²) in [6.07, 6.45) is 3.31. The minimum Gasteiger partial charge on any atom is -0.395 e. The van der Waals surface area contributed by atoms with E-state index in [9.17, 15) is 14.9 Å². The van der Waals surface area contributed by atoms with Gasteiger partial charge in [-0.15, -0.1) is 0 Å². The van der Waals surface area contributed by atoms with Crippen molar-refractivity contribution in [2.45, 2.75) is 25.8 Å². The molecule has 1 heterocycles. The summed E-state index contributed by atoms with van der Waals surface area (Å²) in [7, 11) is 0. The van der Waals surface area contributed by atoms with Crippen LogP contribution in [0.5, 0.6) is 0 Å². The van der Waals surface area contributed by atoms with Crippen LogP contribution < -0.4 is 0 Å². The predicted molar refractivity (Wildman–Crippen MR) is 68.0 cm³/mol. The fourth-order valence-electron chi connectivity index (χ4n) is 2.08. The summed E-state index contributed by atoms with van der Waals surface area (Å²) in [6, 6.07) is 1.52. The topological polar surface area (TPSA) is 88.6 Å². The maximum absolute atomic E-state index is 12.3. The first-order chi connectivity index (χ1) is 9.08. The van der Waals surface area contributed by atoms with Crippen LogP contribution in [-0.4, -0.2) is 45.1 Å². The number of hydrogen-bond donors (Lipinski definition) is 1. The molecule has 2 rings (SSSR count). The molecule has 19 heavy (non-hydrogen) atoms. The van der Waals surface area contributed by atoms with Gasteiger partial charge in [0.1, 0.15) is 5.69 Å². The third-order valence-corrected chi connectivity index (χ3v) is 3.24. The maximum atomic E-state index is 12.3. The fraction of sp³-hybridized carbons (Fsp3) is 0.583. The third kappa shape index (κ3) is 2.76. The van der Waals surface area contributed by atoms with Crippen LogP contribution in [-0.2, 0) is 0 Å². The highest BCUT2D eigenvalue weighted by atomic mass is 16.6. The second-order valence-electron chi connectivity index (χ2n) is 4.59. The number of likely N-dealkylation sites (N-methyl/N-ethyl adjacent to an activating group) is 1. The average Bonchev–Trinajstić information content (AvgIpc) is 3.13. The van der Waals surface area contributed by atoms with E-state index in [1.165, 1.54) is 17.2 Å². The zero-order valence-electron chi connectivity index (χ0n) is 10.8. The van der Waals surface area contributed by atoms with E-state index >= 15 is 0 Å². The van der Waals surface area contributed by atoms with E-state index in [1.54, 1.807) is 4.57 Å². The lowest BCUT2D eigenvalue weighted by Crippen LogP contribution is -2.34. The Labute approximate surface area is 110 Å². The minimum absolute atomic E-state index is 0.0599. The first-order valence-electron chi connectivity index (χ1n) is 6.34. The Morgan fingerprint density at radius 3 is 2.79 bits per heavy atom. The Morgan fingerprint density at radius 2 is 2.32 bits per heavy atom. The number of carbonyl (C=O) groups is 1. The van der Waals surface area contributed by atoms with Crippen LogP contribution >= 0.6 is 0 Å². The Balaban J connectivity index is 2.31. The molecule has 0 bridgehead atoms. The second kappa shape index (κ2) is 5.40. The summed E-state index contributed by atoms with van der Waals surface area (Å²) >= 11 is 0. The molecule has 1 aliphatic rings. The molecule has 1 aliphatic carbocycles. The Hall–Kier alpha value is -1.89. The van der Waals surface area contributed by atoms with Gasteiger partial charge in [-0.3, -0.25) is 14.9 Å². The van der Waals surface area contributed by atoms with Crippen molar-refractivity contribution in [3.05, 3.63) is 28.1 Å². The number of hydrogen-bond acceptors (Lipinski definition) is 4. The van der Waals surface area contributed by atoms with Crippen LogP contribution in [0.3, 0.4) is 0 Å².